The fraction of sp³-hybridized carbons (Fsp3) is 0.625. The summed E-state index contributed by atoms with van der Waals surface area (Å²) in [5.74, 6) is 1.66. The molecular formula is C16H28N2O. The van der Waals surface area contributed by atoms with Crippen molar-refractivity contribution >= 4 is 0 Å². The Labute approximate surface area is 117 Å². The highest BCUT2D eigenvalue weighted by molar-refractivity contribution is 5.26. The molecule has 0 unspecified atom stereocenters. The number of nitrogens with zero attached hydrogens (tertiary/aromatic N) is 1. The van der Waals surface area contributed by atoms with E-state index < -0.39 is 0 Å². The van der Waals surface area contributed by atoms with Crippen molar-refractivity contribution in [1.29, 1.82) is 0 Å². The van der Waals surface area contributed by atoms with Crippen LogP contribution in [-0.4, -0.2) is 31.1 Å². The average molecular weight is 264 g/mol. The maximum atomic E-state index is 5.74. The van der Waals surface area contributed by atoms with Gasteiger partial charge in [-0.15, -0.1) is 0 Å². The number of rotatable bonds is 9. The largest absolute Gasteiger partial charge is 0.494 e. The molecule has 1 rings (SSSR count). The molecule has 0 aromatic heterocycles. The topological polar surface area (TPSA) is 38.5 Å². The lowest BCUT2D eigenvalue weighted by atomic mass is 10.2. The zero-order chi connectivity index (χ0) is 14.1. The van der Waals surface area contributed by atoms with E-state index in [0.29, 0.717) is 6.54 Å². The Morgan fingerprint density at radius 2 is 1.89 bits per heavy atom. The number of hydrogen-bond donors (Lipinski definition) is 1. The van der Waals surface area contributed by atoms with Crippen molar-refractivity contribution in [2.24, 2.45) is 11.7 Å². The number of benzene rings is 1. The summed E-state index contributed by atoms with van der Waals surface area (Å²) in [5, 5.41) is 0. The van der Waals surface area contributed by atoms with Gasteiger partial charge in [-0.2, -0.15) is 0 Å². The van der Waals surface area contributed by atoms with Crippen LogP contribution < -0.4 is 10.5 Å². The molecule has 0 spiro atoms. The fourth-order valence-electron chi connectivity index (χ4n) is 2.09. The Balaban J connectivity index is 2.22. The molecule has 3 nitrogen and oxygen atoms in total. The van der Waals surface area contributed by atoms with Gasteiger partial charge in [0.1, 0.15) is 5.75 Å². The molecule has 0 heterocycles. The maximum absolute atomic E-state index is 5.74. The summed E-state index contributed by atoms with van der Waals surface area (Å²) in [7, 11) is 0. The van der Waals surface area contributed by atoms with E-state index >= 15 is 0 Å². The molecular weight excluding hydrogens is 236 g/mol. The van der Waals surface area contributed by atoms with Crippen molar-refractivity contribution < 1.29 is 4.74 Å². The maximum Gasteiger partial charge on any atom is 0.119 e. The Morgan fingerprint density at radius 1 is 1.21 bits per heavy atom. The van der Waals surface area contributed by atoms with E-state index in [4.69, 9.17) is 10.5 Å². The number of ether oxygens (including phenoxy) is 1. The lowest BCUT2D eigenvalue weighted by Crippen LogP contribution is -2.29. The summed E-state index contributed by atoms with van der Waals surface area (Å²) in [5.41, 5.74) is 6.70. The molecule has 0 aliphatic carbocycles. The van der Waals surface area contributed by atoms with Gasteiger partial charge in [0, 0.05) is 19.6 Å². The minimum atomic E-state index is 0.584. The second-order valence-corrected chi connectivity index (χ2v) is 5.34. The SMILES string of the molecule is CCN(CCCOc1ccc(CN)cc1)CC(C)C. The smallest absolute Gasteiger partial charge is 0.119 e. The zero-order valence-corrected chi connectivity index (χ0v) is 12.6. The van der Waals surface area contributed by atoms with Crippen LogP contribution in [0.2, 0.25) is 0 Å². The Bertz CT molecular complexity index is 335. The summed E-state index contributed by atoms with van der Waals surface area (Å²) in [6.07, 6.45) is 1.07. The quantitative estimate of drug-likeness (QED) is 0.697. The van der Waals surface area contributed by atoms with Gasteiger partial charge in [-0.1, -0.05) is 32.9 Å². The van der Waals surface area contributed by atoms with Crippen molar-refractivity contribution in [3.05, 3.63) is 29.8 Å². The van der Waals surface area contributed by atoms with Gasteiger partial charge in [0.25, 0.3) is 0 Å². The zero-order valence-electron chi connectivity index (χ0n) is 12.6. The summed E-state index contributed by atoms with van der Waals surface area (Å²) in [4.78, 5) is 2.48. The van der Waals surface area contributed by atoms with E-state index in [9.17, 15) is 0 Å². The van der Waals surface area contributed by atoms with Crippen LogP contribution in [0.25, 0.3) is 0 Å². The normalized spacial score (nSPS) is 11.3. The average Bonchev–Trinajstić information content (AvgIpc) is 2.42. The summed E-state index contributed by atoms with van der Waals surface area (Å²) in [6.45, 7) is 11.5. The van der Waals surface area contributed by atoms with Gasteiger partial charge in [-0.25, -0.2) is 0 Å². The molecule has 1 aromatic carbocycles. The molecule has 1 aromatic rings. The molecule has 2 N–H and O–H groups in total. The predicted octanol–water partition coefficient (Wildman–Crippen LogP) is 2.89. The van der Waals surface area contributed by atoms with Crippen molar-refractivity contribution in [1.82, 2.24) is 4.90 Å². The van der Waals surface area contributed by atoms with Crippen molar-refractivity contribution in [2.45, 2.75) is 33.7 Å². The molecule has 0 saturated heterocycles. The van der Waals surface area contributed by atoms with Crippen LogP contribution in [0.1, 0.15) is 32.8 Å². The van der Waals surface area contributed by atoms with Gasteiger partial charge in [0.05, 0.1) is 6.61 Å². The third-order valence-corrected chi connectivity index (χ3v) is 3.12. The molecule has 108 valence electrons. The molecule has 19 heavy (non-hydrogen) atoms. The molecule has 0 bridgehead atoms. The van der Waals surface area contributed by atoms with E-state index in [-0.39, 0.29) is 0 Å². The third-order valence-electron chi connectivity index (χ3n) is 3.12. The van der Waals surface area contributed by atoms with Crippen LogP contribution in [-0.2, 0) is 6.54 Å². The highest BCUT2D eigenvalue weighted by atomic mass is 16.5. The minimum absolute atomic E-state index is 0.584. The lowest BCUT2D eigenvalue weighted by Gasteiger charge is -2.22. The van der Waals surface area contributed by atoms with E-state index in [1.165, 1.54) is 6.54 Å². The predicted molar refractivity (Wildman–Crippen MR) is 81.4 cm³/mol. The standard InChI is InChI=1S/C16H28N2O/c1-4-18(13-14(2)3)10-5-11-19-16-8-6-15(12-17)7-9-16/h6-9,14H,4-5,10-13,17H2,1-3H3. The van der Waals surface area contributed by atoms with Gasteiger partial charge < -0.3 is 15.4 Å². The molecule has 0 aliphatic rings. The van der Waals surface area contributed by atoms with Crippen LogP contribution in [0.15, 0.2) is 24.3 Å². The Hall–Kier alpha value is -1.06. The summed E-state index contributed by atoms with van der Waals surface area (Å²) in [6, 6.07) is 8.03. The number of hydrogen-bond acceptors (Lipinski definition) is 3. The lowest BCUT2D eigenvalue weighted by molar-refractivity contribution is 0.224. The first kappa shape index (κ1) is 16.0. The fourth-order valence-corrected chi connectivity index (χ4v) is 2.09. The third kappa shape index (κ3) is 6.60. The molecule has 0 fully saturated rings. The van der Waals surface area contributed by atoms with Gasteiger partial charge in [-0.3, -0.25) is 0 Å². The molecule has 0 aliphatic heterocycles. The number of nitrogens with two attached hydrogens (primary N) is 1. The first-order valence-corrected chi connectivity index (χ1v) is 7.29. The van der Waals surface area contributed by atoms with Crippen LogP contribution in [0.5, 0.6) is 5.75 Å². The van der Waals surface area contributed by atoms with Crippen LogP contribution >= 0.6 is 0 Å². The Morgan fingerprint density at radius 3 is 2.42 bits per heavy atom. The van der Waals surface area contributed by atoms with Crippen LogP contribution in [0, 0.1) is 5.92 Å². The van der Waals surface area contributed by atoms with E-state index in [1.807, 2.05) is 24.3 Å². The monoisotopic (exact) mass is 264 g/mol. The minimum Gasteiger partial charge on any atom is -0.494 e. The van der Waals surface area contributed by atoms with Crippen molar-refractivity contribution in [3.8, 4) is 5.75 Å². The first-order valence-electron chi connectivity index (χ1n) is 7.29. The second-order valence-electron chi connectivity index (χ2n) is 5.34. The van der Waals surface area contributed by atoms with Gasteiger partial charge in [0.15, 0.2) is 0 Å². The first-order chi connectivity index (χ1) is 9.15. The second kappa shape index (κ2) is 8.94. The van der Waals surface area contributed by atoms with Gasteiger partial charge in [-0.05, 0) is 36.6 Å². The van der Waals surface area contributed by atoms with E-state index in [0.717, 1.165) is 43.3 Å². The van der Waals surface area contributed by atoms with Crippen LogP contribution in [0.4, 0.5) is 0 Å². The molecule has 0 saturated carbocycles. The highest BCUT2D eigenvalue weighted by Crippen LogP contribution is 2.12. The highest BCUT2D eigenvalue weighted by Gasteiger charge is 2.04. The van der Waals surface area contributed by atoms with Crippen molar-refractivity contribution in [3.63, 3.8) is 0 Å². The molecule has 3 heteroatoms. The summed E-state index contributed by atoms with van der Waals surface area (Å²) >= 11 is 0. The Kier molecular flexibility index (Phi) is 7.53. The van der Waals surface area contributed by atoms with Crippen molar-refractivity contribution in [2.75, 3.05) is 26.2 Å². The van der Waals surface area contributed by atoms with E-state index in [1.54, 1.807) is 0 Å². The molecule has 0 radical (unpaired) electrons. The van der Waals surface area contributed by atoms with Gasteiger partial charge in [0.2, 0.25) is 0 Å². The summed E-state index contributed by atoms with van der Waals surface area (Å²) < 4.78 is 5.74. The van der Waals surface area contributed by atoms with E-state index in [2.05, 4.69) is 25.7 Å². The van der Waals surface area contributed by atoms with Gasteiger partial charge >= 0.3 is 0 Å². The van der Waals surface area contributed by atoms with Crippen LogP contribution in [0.3, 0.4) is 0 Å². The molecule has 0 amide bonds. The molecule has 0 atom stereocenters.